The van der Waals surface area contributed by atoms with Crippen molar-refractivity contribution in [3.05, 3.63) is 276 Å². The fraction of sp³-hybridized carbons (Fsp3) is 0.0625. The van der Waals surface area contributed by atoms with E-state index in [1.807, 2.05) is 0 Å². The molecular formula is C64H46N2. The molecular weight excluding hydrogens is 797 g/mol. The molecule has 1 heterocycles. The Labute approximate surface area is 387 Å². The molecule has 3 aliphatic rings. The van der Waals surface area contributed by atoms with Crippen LogP contribution in [0.4, 0.5) is 34.1 Å². The molecule has 13 rings (SSSR count). The molecule has 0 saturated heterocycles. The minimum Gasteiger partial charge on any atom is -0.310 e. The molecule has 0 saturated carbocycles. The quantitative estimate of drug-likeness (QED) is 0.165. The summed E-state index contributed by atoms with van der Waals surface area (Å²) in [4.78, 5) is 4.94. The summed E-state index contributed by atoms with van der Waals surface area (Å²) in [6, 6.07) is 90.1. The van der Waals surface area contributed by atoms with Gasteiger partial charge in [-0.05, 0) is 139 Å². The Bertz CT molecular complexity index is 3460. The topological polar surface area (TPSA) is 6.48 Å². The highest BCUT2D eigenvalue weighted by atomic mass is 15.2. The summed E-state index contributed by atoms with van der Waals surface area (Å²) in [5.74, 6) is 0. The van der Waals surface area contributed by atoms with Gasteiger partial charge in [0.15, 0.2) is 0 Å². The van der Waals surface area contributed by atoms with Gasteiger partial charge in [-0.1, -0.05) is 196 Å². The summed E-state index contributed by atoms with van der Waals surface area (Å²) in [5.41, 5.74) is 24.1. The van der Waals surface area contributed by atoms with Gasteiger partial charge in [0.25, 0.3) is 0 Å². The molecule has 312 valence electrons. The lowest BCUT2D eigenvalue weighted by Crippen LogP contribution is -2.36. The minimum absolute atomic E-state index is 0.150. The number of rotatable bonds is 6. The third kappa shape index (κ3) is 5.48. The van der Waals surface area contributed by atoms with Crippen LogP contribution in [0.5, 0.6) is 0 Å². The molecule has 2 heteroatoms. The Balaban J connectivity index is 1.04. The summed E-state index contributed by atoms with van der Waals surface area (Å²) in [6.45, 7) is 4.75. The molecule has 0 atom stereocenters. The number of para-hydroxylation sites is 3. The second-order valence-corrected chi connectivity index (χ2v) is 18.4. The van der Waals surface area contributed by atoms with Gasteiger partial charge in [-0.15, -0.1) is 0 Å². The molecule has 0 aromatic heterocycles. The fourth-order valence-electron chi connectivity index (χ4n) is 11.8. The Morgan fingerprint density at radius 1 is 0.303 bits per heavy atom. The SMILES string of the molecule is CC1(C)c2ccccc2-c2ccc(N(c3ccc(-c4ccccc4-c4ccccc4)cc3)c3ccc4c(c3)C3(c5ccccc5-4)c4ccccc4N(c4ccccc4)c4ccccc43)cc21. The van der Waals surface area contributed by atoms with Crippen molar-refractivity contribution < 1.29 is 0 Å². The maximum Gasteiger partial charge on any atom is 0.0755 e. The summed E-state index contributed by atoms with van der Waals surface area (Å²) in [5, 5.41) is 0. The van der Waals surface area contributed by atoms with Gasteiger partial charge >= 0.3 is 0 Å². The van der Waals surface area contributed by atoms with Crippen molar-refractivity contribution in [1.29, 1.82) is 0 Å². The lowest BCUT2D eigenvalue weighted by atomic mass is 9.64. The van der Waals surface area contributed by atoms with Gasteiger partial charge in [-0.25, -0.2) is 0 Å². The maximum atomic E-state index is 2.51. The molecule has 2 nitrogen and oxygen atoms in total. The minimum atomic E-state index is -0.571. The molecule has 0 unspecified atom stereocenters. The van der Waals surface area contributed by atoms with Gasteiger partial charge in [0.2, 0.25) is 0 Å². The van der Waals surface area contributed by atoms with Crippen molar-refractivity contribution in [3.63, 3.8) is 0 Å². The first-order valence-corrected chi connectivity index (χ1v) is 23.1. The smallest absolute Gasteiger partial charge is 0.0755 e. The molecule has 10 aromatic carbocycles. The average molecular weight is 843 g/mol. The van der Waals surface area contributed by atoms with Crippen LogP contribution in [0.15, 0.2) is 243 Å². The molecule has 66 heavy (non-hydrogen) atoms. The van der Waals surface area contributed by atoms with E-state index in [2.05, 4.69) is 266 Å². The molecule has 10 aromatic rings. The number of benzene rings is 10. The van der Waals surface area contributed by atoms with Crippen molar-refractivity contribution >= 4 is 34.1 Å². The molecule has 0 amide bonds. The fourth-order valence-corrected chi connectivity index (χ4v) is 11.8. The van der Waals surface area contributed by atoms with Crippen molar-refractivity contribution in [1.82, 2.24) is 0 Å². The largest absolute Gasteiger partial charge is 0.310 e. The summed E-state index contributed by atoms with van der Waals surface area (Å²) in [6.07, 6.45) is 0. The lowest BCUT2D eigenvalue weighted by molar-refractivity contribution is 0.660. The lowest BCUT2D eigenvalue weighted by Gasteiger charge is -2.45. The Morgan fingerprint density at radius 3 is 1.32 bits per heavy atom. The van der Waals surface area contributed by atoms with E-state index in [1.165, 1.54) is 89.3 Å². The summed E-state index contributed by atoms with van der Waals surface area (Å²) >= 11 is 0. The number of anilines is 6. The highest BCUT2D eigenvalue weighted by molar-refractivity contribution is 5.97. The van der Waals surface area contributed by atoms with Crippen molar-refractivity contribution in [3.8, 4) is 44.5 Å². The van der Waals surface area contributed by atoms with Gasteiger partial charge in [-0.2, -0.15) is 0 Å². The van der Waals surface area contributed by atoms with E-state index >= 15 is 0 Å². The number of nitrogens with zero attached hydrogens (tertiary/aromatic N) is 2. The van der Waals surface area contributed by atoms with Crippen LogP contribution in [0.2, 0.25) is 0 Å². The van der Waals surface area contributed by atoms with E-state index in [4.69, 9.17) is 0 Å². The number of fused-ring (bicyclic) bond motifs is 12. The number of hydrogen-bond donors (Lipinski definition) is 0. The second kappa shape index (κ2) is 14.7. The zero-order valence-corrected chi connectivity index (χ0v) is 37.0. The zero-order valence-electron chi connectivity index (χ0n) is 37.0. The van der Waals surface area contributed by atoms with E-state index in [0.29, 0.717) is 0 Å². The molecule has 0 N–H and O–H groups in total. The molecule has 1 aliphatic heterocycles. The normalized spacial score (nSPS) is 14.1. The predicted octanol–water partition coefficient (Wildman–Crippen LogP) is 16.9. The van der Waals surface area contributed by atoms with Gasteiger partial charge in [0.05, 0.1) is 16.8 Å². The second-order valence-electron chi connectivity index (χ2n) is 18.4. The first-order chi connectivity index (χ1) is 32.5. The molecule has 0 radical (unpaired) electrons. The van der Waals surface area contributed by atoms with Crippen LogP contribution >= 0.6 is 0 Å². The van der Waals surface area contributed by atoms with Crippen LogP contribution in [0.25, 0.3) is 44.5 Å². The first-order valence-electron chi connectivity index (χ1n) is 23.1. The van der Waals surface area contributed by atoms with Crippen LogP contribution in [0, 0.1) is 0 Å². The Morgan fingerprint density at radius 2 is 0.712 bits per heavy atom. The van der Waals surface area contributed by atoms with E-state index in [0.717, 1.165) is 22.7 Å². The van der Waals surface area contributed by atoms with E-state index in [1.54, 1.807) is 0 Å². The van der Waals surface area contributed by atoms with Crippen molar-refractivity contribution in [2.45, 2.75) is 24.7 Å². The van der Waals surface area contributed by atoms with E-state index in [-0.39, 0.29) is 5.41 Å². The third-order valence-corrected chi connectivity index (χ3v) is 14.7. The summed E-state index contributed by atoms with van der Waals surface area (Å²) < 4.78 is 0. The molecule has 0 fully saturated rings. The van der Waals surface area contributed by atoms with Crippen LogP contribution in [-0.2, 0) is 10.8 Å². The van der Waals surface area contributed by atoms with Gasteiger partial charge < -0.3 is 9.80 Å². The van der Waals surface area contributed by atoms with E-state index < -0.39 is 5.41 Å². The maximum absolute atomic E-state index is 2.51. The highest BCUT2D eigenvalue weighted by Crippen LogP contribution is 2.64. The van der Waals surface area contributed by atoms with Gasteiger partial charge in [0, 0.05) is 28.2 Å². The molecule has 1 spiro atoms. The summed E-state index contributed by atoms with van der Waals surface area (Å²) in [7, 11) is 0. The molecule has 0 bridgehead atoms. The van der Waals surface area contributed by atoms with Crippen molar-refractivity contribution in [2.24, 2.45) is 0 Å². The first kappa shape index (κ1) is 38.3. The average Bonchev–Trinajstić information content (AvgIpc) is 3.79. The standard InChI is InChI=1S/C64H46N2/c1-63(2)55-27-13-11-25-51(55)53-39-37-47(41-59(53)63)65(46-35-33-44(34-36-46)50-24-10-9-23-49(50)43-19-5-3-6-20-43)48-38-40-54-52-26-12-14-28-56(52)64(60(54)42-48)57-29-15-17-31-61(57)66(45-21-7-4-8-22-45)62-32-18-16-30-58(62)64/h3-42H,1-2H3. The monoisotopic (exact) mass is 842 g/mol. The Kier molecular flexibility index (Phi) is 8.51. The Hall–Kier alpha value is -8.20. The third-order valence-electron chi connectivity index (χ3n) is 14.7. The number of hydrogen-bond acceptors (Lipinski definition) is 2. The highest BCUT2D eigenvalue weighted by Gasteiger charge is 2.52. The van der Waals surface area contributed by atoms with Crippen LogP contribution in [0.1, 0.15) is 47.2 Å². The van der Waals surface area contributed by atoms with Crippen LogP contribution in [-0.4, -0.2) is 0 Å². The van der Waals surface area contributed by atoms with Crippen LogP contribution < -0.4 is 9.80 Å². The predicted molar refractivity (Wildman–Crippen MR) is 275 cm³/mol. The van der Waals surface area contributed by atoms with Gasteiger partial charge in [-0.3, -0.25) is 0 Å². The molecule has 2 aliphatic carbocycles. The van der Waals surface area contributed by atoms with Gasteiger partial charge in [0.1, 0.15) is 0 Å². The zero-order chi connectivity index (χ0) is 44.0. The van der Waals surface area contributed by atoms with E-state index in [9.17, 15) is 0 Å². The van der Waals surface area contributed by atoms with Crippen molar-refractivity contribution in [2.75, 3.05) is 9.80 Å². The van der Waals surface area contributed by atoms with Crippen LogP contribution in [0.3, 0.4) is 0 Å².